The fraction of sp³-hybridized carbons (Fsp3) is 0.571. The molecular weight excluding hydrogens is 240 g/mol. The van der Waals surface area contributed by atoms with Crippen LogP contribution in [0.3, 0.4) is 0 Å². The van der Waals surface area contributed by atoms with Gasteiger partial charge in [0.2, 0.25) is 0 Å². The van der Waals surface area contributed by atoms with Gasteiger partial charge in [-0.15, -0.1) is 0 Å². The Bertz CT molecular complexity index is 397. The van der Waals surface area contributed by atoms with E-state index in [-0.39, 0.29) is 6.03 Å². The Morgan fingerprint density at radius 3 is 2.26 bits per heavy atom. The molecule has 1 aromatic heterocycles. The van der Waals surface area contributed by atoms with Gasteiger partial charge < -0.3 is 14.7 Å². The second-order valence-electron chi connectivity index (χ2n) is 4.63. The van der Waals surface area contributed by atoms with Gasteiger partial charge in [0.25, 0.3) is 0 Å². The summed E-state index contributed by atoms with van der Waals surface area (Å²) in [6.45, 7) is 8.95. The summed E-state index contributed by atoms with van der Waals surface area (Å²) in [5, 5.41) is 0. The van der Waals surface area contributed by atoms with Crippen LogP contribution >= 0.6 is 0 Å². The van der Waals surface area contributed by atoms with E-state index in [4.69, 9.17) is 0 Å². The summed E-state index contributed by atoms with van der Waals surface area (Å²) in [6, 6.07) is 4.20. The number of rotatable bonds is 3. The van der Waals surface area contributed by atoms with Gasteiger partial charge in [-0.2, -0.15) is 0 Å². The molecule has 2 amide bonds. The van der Waals surface area contributed by atoms with Gasteiger partial charge >= 0.3 is 6.03 Å². The third kappa shape index (κ3) is 3.16. The van der Waals surface area contributed by atoms with E-state index in [1.807, 2.05) is 48.2 Å². The predicted octanol–water partition coefficient (Wildman–Crippen LogP) is 1.67. The van der Waals surface area contributed by atoms with Crippen molar-refractivity contribution in [1.29, 1.82) is 0 Å². The first-order chi connectivity index (χ1) is 9.26. The second-order valence-corrected chi connectivity index (χ2v) is 4.63. The first kappa shape index (κ1) is 13.6. The number of urea groups is 1. The normalized spacial score (nSPS) is 15.5. The molecule has 1 aliphatic rings. The molecule has 19 heavy (non-hydrogen) atoms. The Morgan fingerprint density at radius 2 is 1.74 bits per heavy atom. The van der Waals surface area contributed by atoms with E-state index in [9.17, 15) is 4.79 Å². The van der Waals surface area contributed by atoms with Crippen molar-refractivity contribution in [1.82, 2.24) is 14.8 Å². The maximum absolute atomic E-state index is 12.2. The Morgan fingerprint density at radius 1 is 1.16 bits per heavy atom. The molecule has 0 saturated carbocycles. The van der Waals surface area contributed by atoms with Crippen LogP contribution in [0.5, 0.6) is 0 Å². The second kappa shape index (κ2) is 6.41. The number of nitrogens with zero attached hydrogens (tertiary/aromatic N) is 4. The van der Waals surface area contributed by atoms with Crippen molar-refractivity contribution >= 4 is 11.7 Å². The average Bonchev–Trinajstić information content (AvgIpc) is 2.49. The summed E-state index contributed by atoms with van der Waals surface area (Å²) in [4.78, 5) is 22.4. The maximum atomic E-state index is 12.2. The number of hydrogen-bond donors (Lipinski definition) is 0. The molecule has 2 heterocycles. The molecule has 1 aromatic rings. The van der Waals surface area contributed by atoms with Crippen LogP contribution in [0.4, 0.5) is 10.5 Å². The molecule has 0 bridgehead atoms. The van der Waals surface area contributed by atoms with Crippen molar-refractivity contribution < 1.29 is 4.79 Å². The lowest BCUT2D eigenvalue weighted by molar-refractivity contribution is 0.154. The minimum Gasteiger partial charge on any atom is -0.368 e. The van der Waals surface area contributed by atoms with Crippen molar-refractivity contribution in [2.75, 3.05) is 44.2 Å². The highest BCUT2D eigenvalue weighted by molar-refractivity contribution is 5.74. The molecule has 0 N–H and O–H groups in total. The van der Waals surface area contributed by atoms with Crippen LogP contribution in [0.25, 0.3) is 0 Å². The van der Waals surface area contributed by atoms with Crippen LogP contribution in [0.2, 0.25) is 0 Å². The fourth-order valence-corrected chi connectivity index (χ4v) is 2.40. The molecule has 1 fully saturated rings. The van der Waals surface area contributed by atoms with E-state index in [2.05, 4.69) is 9.88 Å². The largest absolute Gasteiger partial charge is 0.368 e. The molecule has 1 aliphatic heterocycles. The zero-order valence-electron chi connectivity index (χ0n) is 11.7. The first-order valence-corrected chi connectivity index (χ1v) is 6.95. The van der Waals surface area contributed by atoms with Gasteiger partial charge in [0.15, 0.2) is 0 Å². The van der Waals surface area contributed by atoms with Crippen LogP contribution in [0.1, 0.15) is 13.8 Å². The molecule has 5 heteroatoms. The summed E-state index contributed by atoms with van der Waals surface area (Å²) < 4.78 is 0. The molecule has 0 atom stereocenters. The lowest BCUT2D eigenvalue weighted by atomic mass is 10.2. The highest BCUT2D eigenvalue weighted by atomic mass is 16.2. The quantitative estimate of drug-likeness (QED) is 0.832. The van der Waals surface area contributed by atoms with Crippen LogP contribution < -0.4 is 4.90 Å². The molecule has 0 radical (unpaired) electrons. The Kier molecular flexibility index (Phi) is 4.60. The van der Waals surface area contributed by atoms with Gasteiger partial charge in [-0.05, 0) is 26.0 Å². The number of carbonyl (C=O) groups excluding carboxylic acids is 1. The van der Waals surface area contributed by atoms with Crippen LogP contribution in [0.15, 0.2) is 24.5 Å². The molecule has 0 aliphatic carbocycles. The van der Waals surface area contributed by atoms with E-state index in [0.29, 0.717) is 0 Å². The van der Waals surface area contributed by atoms with E-state index >= 15 is 0 Å². The highest BCUT2D eigenvalue weighted by Gasteiger charge is 2.23. The topological polar surface area (TPSA) is 39.7 Å². The van der Waals surface area contributed by atoms with Crippen molar-refractivity contribution in [3.05, 3.63) is 24.5 Å². The molecule has 1 saturated heterocycles. The van der Waals surface area contributed by atoms with Crippen LogP contribution in [-0.2, 0) is 0 Å². The SMILES string of the molecule is CCN(CC)C(=O)N1CCN(c2ccncc2)CC1. The average molecular weight is 262 g/mol. The standard InChI is InChI=1S/C14H22N4O/c1-3-16(4-2)14(19)18-11-9-17(10-12-18)13-5-7-15-8-6-13/h5-8H,3-4,9-12H2,1-2H3. The van der Waals surface area contributed by atoms with Crippen molar-refractivity contribution in [3.63, 3.8) is 0 Å². The minimum absolute atomic E-state index is 0.166. The number of aromatic nitrogens is 1. The van der Waals surface area contributed by atoms with Crippen molar-refractivity contribution in [3.8, 4) is 0 Å². The number of amides is 2. The Balaban J connectivity index is 1.91. The third-order valence-electron chi connectivity index (χ3n) is 3.61. The summed E-state index contributed by atoms with van der Waals surface area (Å²) >= 11 is 0. The lowest BCUT2D eigenvalue weighted by Crippen LogP contribution is -2.52. The smallest absolute Gasteiger partial charge is 0.320 e. The van der Waals surface area contributed by atoms with E-state index in [0.717, 1.165) is 39.3 Å². The Hall–Kier alpha value is -1.78. The van der Waals surface area contributed by atoms with E-state index in [1.165, 1.54) is 5.69 Å². The van der Waals surface area contributed by atoms with Gasteiger partial charge in [-0.1, -0.05) is 0 Å². The van der Waals surface area contributed by atoms with Crippen molar-refractivity contribution in [2.45, 2.75) is 13.8 Å². The molecule has 104 valence electrons. The summed E-state index contributed by atoms with van der Waals surface area (Å²) in [7, 11) is 0. The molecule has 0 aromatic carbocycles. The van der Waals surface area contributed by atoms with Crippen LogP contribution in [0, 0.1) is 0 Å². The van der Waals surface area contributed by atoms with Gasteiger partial charge in [-0.3, -0.25) is 4.98 Å². The van der Waals surface area contributed by atoms with Crippen molar-refractivity contribution in [2.24, 2.45) is 0 Å². The van der Waals surface area contributed by atoms with Gasteiger partial charge in [-0.25, -0.2) is 4.79 Å². The van der Waals surface area contributed by atoms with E-state index < -0.39 is 0 Å². The zero-order valence-corrected chi connectivity index (χ0v) is 11.7. The van der Waals surface area contributed by atoms with Crippen LogP contribution in [-0.4, -0.2) is 60.1 Å². The zero-order chi connectivity index (χ0) is 13.7. The minimum atomic E-state index is 0.166. The number of carbonyl (C=O) groups is 1. The Labute approximate surface area is 114 Å². The number of hydrogen-bond acceptors (Lipinski definition) is 3. The molecule has 2 rings (SSSR count). The van der Waals surface area contributed by atoms with Gasteiger partial charge in [0.1, 0.15) is 0 Å². The number of pyridine rings is 1. The predicted molar refractivity (Wildman–Crippen MR) is 76.3 cm³/mol. The number of anilines is 1. The highest BCUT2D eigenvalue weighted by Crippen LogP contribution is 2.15. The molecule has 0 spiro atoms. The number of piperazine rings is 1. The van der Waals surface area contributed by atoms with E-state index in [1.54, 1.807) is 0 Å². The van der Waals surface area contributed by atoms with Gasteiger partial charge in [0.05, 0.1) is 0 Å². The monoisotopic (exact) mass is 262 g/mol. The molecule has 0 unspecified atom stereocenters. The molecule has 5 nitrogen and oxygen atoms in total. The summed E-state index contributed by atoms with van der Waals surface area (Å²) in [6.07, 6.45) is 3.62. The summed E-state index contributed by atoms with van der Waals surface area (Å²) in [5.74, 6) is 0. The molecular formula is C14H22N4O. The fourth-order valence-electron chi connectivity index (χ4n) is 2.40. The van der Waals surface area contributed by atoms with Gasteiger partial charge in [0, 0.05) is 57.3 Å². The third-order valence-corrected chi connectivity index (χ3v) is 3.61. The maximum Gasteiger partial charge on any atom is 0.320 e. The summed E-state index contributed by atoms with van der Waals surface area (Å²) in [5.41, 5.74) is 1.19. The first-order valence-electron chi connectivity index (χ1n) is 6.95. The lowest BCUT2D eigenvalue weighted by Gasteiger charge is -2.38.